The maximum Gasteiger partial charge on any atom is 0.437 e. The van der Waals surface area contributed by atoms with Gasteiger partial charge in [-0.3, -0.25) is 0 Å². The molecule has 0 fully saturated rings. The number of aromatic nitrogens is 2. The fourth-order valence-electron chi connectivity index (χ4n) is 3.28. The molecule has 1 heterocycles. The SMILES string of the molecule is CCOC(=O)C(C)(C)Oc1ccc(CCCc2nn(CCc3ccccc3)c(=O)o2)cc1. The second kappa shape index (κ2) is 10.8. The van der Waals surface area contributed by atoms with Gasteiger partial charge in [-0.15, -0.1) is 5.10 Å². The average molecular weight is 439 g/mol. The Labute approximate surface area is 188 Å². The molecular weight excluding hydrogens is 408 g/mol. The summed E-state index contributed by atoms with van der Waals surface area (Å²) in [6.07, 6.45) is 2.92. The summed E-state index contributed by atoms with van der Waals surface area (Å²) in [5.74, 6) is 0.254. The second-order valence-corrected chi connectivity index (χ2v) is 8.05. The minimum atomic E-state index is -1.05. The lowest BCUT2D eigenvalue weighted by molar-refractivity contribution is -0.158. The van der Waals surface area contributed by atoms with Gasteiger partial charge in [-0.25, -0.2) is 9.59 Å². The van der Waals surface area contributed by atoms with Crippen molar-refractivity contribution < 1.29 is 18.7 Å². The van der Waals surface area contributed by atoms with Crippen molar-refractivity contribution in [1.29, 1.82) is 0 Å². The molecule has 3 rings (SSSR count). The zero-order valence-corrected chi connectivity index (χ0v) is 18.9. The molecule has 0 unspecified atom stereocenters. The fourth-order valence-corrected chi connectivity index (χ4v) is 3.28. The first kappa shape index (κ1) is 23.3. The van der Waals surface area contributed by atoms with Crippen molar-refractivity contribution in [2.45, 2.75) is 58.6 Å². The zero-order valence-electron chi connectivity index (χ0n) is 18.9. The Balaban J connectivity index is 1.47. The Morgan fingerprint density at radius 1 is 1.00 bits per heavy atom. The van der Waals surface area contributed by atoms with Crippen LogP contribution in [0.15, 0.2) is 63.8 Å². The van der Waals surface area contributed by atoms with Gasteiger partial charge in [0.15, 0.2) is 5.60 Å². The molecule has 7 heteroatoms. The number of benzene rings is 2. The summed E-state index contributed by atoms with van der Waals surface area (Å²) in [4.78, 5) is 24.0. The molecule has 32 heavy (non-hydrogen) atoms. The van der Waals surface area contributed by atoms with Crippen molar-refractivity contribution in [1.82, 2.24) is 9.78 Å². The standard InChI is InChI=1S/C25H30N2O5/c1-4-30-23(28)25(2,3)32-21-15-13-20(14-16-21)11-8-12-22-26-27(24(29)31-22)18-17-19-9-6-5-7-10-19/h5-7,9-10,13-16H,4,8,11-12,17-18H2,1-3H3. The number of carbonyl (C=O) groups excluding carboxylic acids is 1. The fraction of sp³-hybridized carbons (Fsp3) is 0.400. The molecule has 3 aromatic rings. The van der Waals surface area contributed by atoms with E-state index in [9.17, 15) is 9.59 Å². The van der Waals surface area contributed by atoms with Crippen LogP contribution in [0, 0.1) is 0 Å². The van der Waals surface area contributed by atoms with Crippen molar-refractivity contribution in [3.63, 3.8) is 0 Å². The normalized spacial score (nSPS) is 11.3. The topological polar surface area (TPSA) is 83.6 Å². The van der Waals surface area contributed by atoms with Crippen LogP contribution in [0.4, 0.5) is 0 Å². The molecule has 0 saturated carbocycles. The summed E-state index contributed by atoms with van der Waals surface area (Å²) in [5, 5.41) is 4.32. The third-order valence-electron chi connectivity index (χ3n) is 5.02. The number of esters is 1. The molecule has 0 aliphatic carbocycles. The van der Waals surface area contributed by atoms with Gasteiger partial charge < -0.3 is 13.9 Å². The molecule has 0 radical (unpaired) electrons. The number of rotatable bonds is 11. The summed E-state index contributed by atoms with van der Waals surface area (Å²) < 4.78 is 17.5. The molecule has 0 atom stereocenters. The second-order valence-electron chi connectivity index (χ2n) is 8.05. The molecule has 7 nitrogen and oxygen atoms in total. The lowest BCUT2D eigenvalue weighted by Crippen LogP contribution is -2.39. The van der Waals surface area contributed by atoms with Gasteiger partial charge in [0.25, 0.3) is 0 Å². The predicted octanol–water partition coefficient (Wildman–Crippen LogP) is 3.97. The Hall–Kier alpha value is -3.35. The molecule has 2 aromatic carbocycles. The molecule has 1 aromatic heterocycles. The minimum Gasteiger partial charge on any atom is -0.476 e. The highest BCUT2D eigenvalue weighted by Crippen LogP contribution is 2.21. The highest BCUT2D eigenvalue weighted by Gasteiger charge is 2.31. The van der Waals surface area contributed by atoms with Gasteiger partial charge >= 0.3 is 11.7 Å². The van der Waals surface area contributed by atoms with Crippen LogP contribution in [0.25, 0.3) is 0 Å². The van der Waals surface area contributed by atoms with Crippen molar-refractivity contribution in [2.75, 3.05) is 6.61 Å². The number of hydrogen-bond acceptors (Lipinski definition) is 6. The van der Waals surface area contributed by atoms with Crippen LogP contribution in [-0.2, 0) is 35.3 Å². The summed E-state index contributed by atoms with van der Waals surface area (Å²) in [7, 11) is 0. The van der Waals surface area contributed by atoms with E-state index in [0.717, 1.165) is 30.4 Å². The molecule has 0 aliphatic heterocycles. The van der Waals surface area contributed by atoms with Gasteiger partial charge in [0.2, 0.25) is 5.89 Å². The van der Waals surface area contributed by atoms with Gasteiger partial charge in [0.1, 0.15) is 5.75 Å². The third-order valence-corrected chi connectivity index (χ3v) is 5.02. The molecule has 0 amide bonds. The van der Waals surface area contributed by atoms with Gasteiger partial charge in [0.05, 0.1) is 13.2 Å². The third kappa shape index (κ3) is 6.57. The first-order chi connectivity index (χ1) is 15.4. The van der Waals surface area contributed by atoms with E-state index in [0.29, 0.717) is 31.2 Å². The zero-order chi connectivity index (χ0) is 23.0. The molecular formula is C25H30N2O5. The summed E-state index contributed by atoms with van der Waals surface area (Å²) in [5.41, 5.74) is 1.23. The number of aryl methyl sites for hydroxylation is 4. The number of carbonyl (C=O) groups is 1. The maximum absolute atomic E-state index is 12.0. The molecule has 0 aliphatic rings. The van der Waals surface area contributed by atoms with Crippen LogP contribution < -0.4 is 10.5 Å². The predicted molar refractivity (Wildman–Crippen MR) is 121 cm³/mol. The molecule has 0 spiro atoms. The van der Waals surface area contributed by atoms with Crippen LogP contribution in [0.1, 0.15) is 44.2 Å². The first-order valence-electron chi connectivity index (χ1n) is 10.9. The molecule has 0 saturated heterocycles. The van der Waals surface area contributed by atoms with E-state index >= 15 is 0 Å². The van der Waals surface area contributed by atoms with Crippen molar-refractivity contribution in [2.24, 2.45) is 0 Å². The van der Waals surface area contributed by atoms with E-state index in [2.05, 4.69) is 5.10 Å². The highest BCUT2D eigenvalue weighted by atomic mass is 16.6. The van der Waals surface area contributed by atoms with Gasteiger partial charge in [-0.2, -0.15) is 4.68 Å². The highest BCUT2D eigenvalue weighted by molar-refractivity contribution is 5.79. The summed E-state index contributed by atoms with van der Waals surface area (Å²) >= 11 is 0. The van der Waals surface area contributed by atoms with Gasteiger partial charge in [-0.1, -0.05) is 42.5 Å². The largest absolute Gasteiger partial charge is 0.476 e. The average Bonchev–Trinajstić information content (AvgIpc) is 3.13. The van der Waals surface area contributed by atoms with E-state index in [4.69, 9.17) is 13.9 Å². The number of ether oxygens (including phenoxy) is 2. The van der Waals surface area contributed by atoms with Crippen LogP contribution in [0.5, 0.6) is 5.75 Å². The van der Waals surface area contributed by atoms with Crippen molar-refractivity contribution >= 4 is 5.97 Å². The lowest BCUT2D eigenvalue weighted by Gasteiger charge is -2.24. The van der Waals surface area contributed by atoms with E-state index in [1.807, 2.05) is 54.6 Å². The summed E-state index contributed by atoms with van der Waals surface area (Å²) in [6, 6.07) is 17.6. The van der Waals surface area contributed by atoms with Crippen LogP contribution in [-0.4, -0.2) is 28.0 Å². The van der Waals surface area contributed by atoms with E-state index in [-0.39, 0.29) is 0 Å². The maximum atomic E-state index is 12.0. The number of hydrogen-bond donors (Lipinski definition) is 0. The van der Waals surface area contributed by atoms with E-state index in [1.165, 1.54) is 4.68 Å². The number of nitrogens with zero attached hydrogens (tertiary/aromatic N) is 2. The Bertz CT molecular complexity index is 1050. The molecule has 0 bridgehead atoms. The monoisotopic (exact) mass is 438 g/mol. The van der Waals surface area contributed by atoms with Crippen LogP contribution in [0.2, 0.25) is 0 Å². The molecule has 0 N–H and O–H groups in total. The van der Waals surface area contributed by atoms with Crippen LogP contribution in [0.3, 0.4) is 0 Å². The minimum absolute atomic E-state index is 0.315. The first-order valence-corrected chi connectivity index (χ1v) is 10.9. The van der Waals surface area contributed by atoms with Gasteiger partial charge in [-0.05, 0) is 63.3 Å². The Kier molecular flexibility index (Phi) is 7.87. The van der Waals surface area contributed by atoms with Crippen LogP contribution >= 0.6 is 0 Å². The Morgan fingerprint density at radius 3 is 2.38 bits per heavy atom. The van der Waals surface area contributed by atoms with E-state index in [1.54, 1.807) is 20.8 Å². The van der Waals surface area contributed by atoms with Gasteiger partial charge in [0, 0.05) is 6.42 Å². The van der Waals surface area contributed by atoms with Crippen molar-refractivity contribution in [3.05, 3.63) is 82.2 Å². The molecule has 170 valence electrons. The smallest absolute Gasteiger partial charge is 0.437 e. The summed E-state index contributed by atoms with van der Waals surface area (Å²) in [6.45, 7) is 5.95. The quantitative estimate of drug-likeness (QED) is 0.421. The lowest BCUT2D eigenvalue weighted by atomic mass is 10.1. The van der Waals surface area contributed by atoms with Crippen molar-refractivity contribution in [3.8, 4) is 5.75 Å². The van der Waals surface area contributed by atoms with E-state index < -0.39 is 17.3 Å². The Morgan fingerprint density at radius 2 is 1.69 bits per heavy atom.